The third-order valence-electron chi connectivity index (χ3n) is 3.46. The van der Waals surface area contributed by atoms with Crippen molar-refractivity contribution in [2.75, 3.05) is 40.4 Å². The summed E-state index contributed by atoms with van der Waals surface area (Å²) < 4.78 is 5.59. The minimum Gasteiger partial charge on any atom is -0.380 e. The Morgan fingerprint density at radius 1 is 1.47 bits per heavy atom. The fraction of sp³-hybridized carbons (Fsp3) is 0.923. The van der Waals surface area contributed by atoms with Gasteiger partial charge in [-0.05, 0) is 46.2 Å². The summed E-state index contributed by atoms with van der Waals surface area (Å²) in [4.78, 5) is 2.22. The smallest absolute Gasteiger partial charge is 0.104 e. The van der Waals surface area contributed by atoms with Crippen LogP contribution in [0.3, 0.4) is 0 Å². The minimum atomic E-state index is -0.414. The lowest BCUT2D eigenvalue weighted by Crippen LogP contribution is -2.41. The zero-order chi connectivity index (χ0) is 12.7. The van der Waals surface area contributed by atoms with Crippen LogP contribution in [0, 0.1) is 17.2 Å². The molecular weight excluding hydrogens is 214 g/mol. The maximum Gasteiger partial charge on any atom is 0.104 e. The van der Waals surface area contributed by atoms with Gasteiger partial charge in [0.1, 0.15) is 5.54 Å². The fourth-order valence-electron chi connectivity index (χ4n) is 1.52. The number of nitrogens with one attached hydrogen (secondary N) is 1. The summed E-state index contributed by atoms with van der Waals surface area (Å²) in [7, 11) is 3.91. The lowest BCUT2D eigenvalue weighted by molar-refractivity contribution is 0.102. The van der Waals surface area contributed by atoms with Crippen LogP contribution in [0.15, 0.2) is 0 Å². The van der Waals surface area contributed by atoms with E-state index in [0.717, 1.165) is 38.6 Å². The number of nitrogens with zero attached hydrogens (tertiary/aromatic N) is 2. The average molecular weight is 239 g/mol. The van der Waals surface area contributed by atoms with Crippen molar-refractivity contribution in [3.8, 4) is 6.07 Å². The van der Waals surface area contributed by atoms with Crippen molar-refractivity contribution >= 4 is 0 Å². The molecule has 98 valence electrons. The van der Waals surface area contributed by atoms with Gasteiger partial charge in [-0.1, -0.05) is 0 Å². The molecular formula is C13H25N3O. The quantitative estimate of drug-likeness (QED) is 0.615. The first-order chi connectivity index (χ1) is 8.09. The Bertz CT molecular complexity index is 260. The Hall–Kier alpha value is -0.630. The van der Waals surface area contributed by atoms with Crippen LogP contribution in [-0.2, 0) is 4.74 Å². The Kier molecular flexibility index (Phi) is 5.90. The van der Waals surface area contributed by atoms with Crippen molar-refractivity contribution in [1.82, 2.24) is 10.2 Å². The van der Waals surface area contributed by atoms with Gasteiger partial charge >= 0.3 is 0 Å². The van der Waals surface area contributed by atoms with Gasteiger partial charge in [0.15, 0.2) is 0 Å². The molecule has 0 aromatic carbocycles. The second kappa shape index (κ2) is 6.95. The Balaban J connectivity index is 2.03. The van der Waals surface area contributed by atoms with Crippen molar-refractivity contribution in [2.45, 2.75) is 31.7 Å². The van der Waals surface area contributed by atoms with Crippen LogP contribution in [0.1, 0.15) is 26.2 Å². The van der Waals surface area contributed by atoms with Gasteiger partial charge in [0.2, 0.25) is 0 Å². The number of hydrogen-bond donors (Lipinski definition) is 1. The molecule has 1 N–H and O–H groups in total. The van der Waals surface area contributed by atoms with E-state index in [1.54, 1.807) is 0 Å². The lowest BCUT2D eigenvalue weighted by Gasteiger charge is -2.24. The van der Waals surface area contributed by atoms with Crippen LogP contribution >= 0.6 is 0 Å². The highest BCUT2D eigenvalue weighted by atomic mass is 16.5. The summed E-state index contributed by atoms with van der Waals surface area (Å²) in [5, 5.41) is 12.1. The maximum absolute atomic E-state index is 9.02. The van der Waals surface area contributed by atoms with E-state index >= 15 is 0 Å². The molecule has 0 bridgehead atoms. The number of ether oxygens (including phenoxy) is 1. The molecule has 0 saturated heterocycles. The van der Waals surface area contributed by atoms with Gasteiger partial charge in [-0.3, -0.25) is 0 Å². The second-order valence-electron chi connectivity index (χ2n) is 5.27. The summed E-state index contributed by atoms with van der Waals surface area (Å²) >= 11 is 0. The van der Waals surface area contributed by atoms with Crippen LogP contribution in [0.2, 0.25) is 0 Å². The van der Waals surface area contributed by atoms with Crippen LogP contribution in [0.4, 0.5) is 0 Å². The summed E-state index contributed by atoms with van der Waals surface area (Å²) in [6.07, 6.45) is 3.52. The molecule has 0 heterocycles. The molecule has 0 spiro atoms. The molecule has 0 aliphatic heterocycles. The highest BCUT2D eigenvalue weighted by molar-refractivity contribution is 5.03. The lowest BCUT2D eigenvalue weighted by atomic mass is 10.0. The van der Waals surface area contributed by atoms with E-state index < -0.39 is 5.54 Å². The zero-order valence-electron chi connectivity index (χ0n) is 11.3. The minimum absolute atomic E-state index is 0.414. The third-order valence-corrected chi connectivity index (χ3v) is 3.46. The number of likely N-dealkylation sites (N-methyl/N-ethyl adjacent to an activating group) is 1. The molecule has 4 nitrogen and oxygen atoms in total. The molecule has 1 aliphatic rings. The van der Waals surface area contributed by atoms with Crippen LogP contribution in [0.5, 0.6) is 0 Å². The van der Waals surface area contributed by atoms with E-state index in [1.807, 2.05) is 14.0 Å². The highest BCUT2D eigenvalue weighted by Gasteiger charge is 2.22. The van der Waals surface area contributed by atoms with Gasteiger partial charge in [-0.2, -0.15) is 5.26 Å². The van der Waals surface area contributed by atoms with E-state index in [1.165, 1.54) is 12.8 Å². The summed E-state index contributed by atoms with van der Waals surface area (Å²) in [5.41, 5.74) is -0.414. The van der Waals surface area contributed by atoms with Gasteiger partial charge in [-0.25, -0.2) is 0 Å². The maximum atomic E-state index is 9.02. The van der Waals surface area contributed by atoms with Crippen molar-refractivity contribution in [1.29, 1.82) is 5.26 Å². The molecule has 1 saturated carbocycles. The number of nitriles is 1. The molecule has 1 aliphatic carbocycles. The largest absolute Gasteiger partial charge is 0.380 e. The normalized spacial score (nSPS) is 19.0. The molecule has 0 aromatic heterocycles. The SMILES string of the molecule is CNC(C)(C#N)CCN(C)CCOCC1CC1. The van der Waals surface area contributed by atoms with E-state index in [2.05, 4.69) is 23.3 Å². The summed E-state index contributed by atoms with van der Waals surface area (Å²) in [6.45, 7) is 5.52. The van der Waals surface area contributed by atoms with E-state index in [-0.39, 0.29) is 0 Å². The zero-order valence-corrected chi connectivity index (χ0v) is 11.3. The Morgan fingerprint density at radius 3 is 2.71 bits per heavy atom. The molecule has 1 rings (SSSR count). The van der Waals surface area contributed by atoms with Crippen molar-refractivity contribution in [3.05, 3.63) is 0 Å². The van der Waals surface area contributed by atoms with Crippen molar-refractivity contribution in [3.63, 3.8) is 0 Å². The third kappa shape index (κ3) is 6.02. The number of rotatable bonds is 9. The summed E-state index contributed by atoms with van der Waals surface area (Å²) in [6, 6.07) is 2.30. The monoisotopic (exact) mass is 239 g/mol. The van der Waals surface area contributed by atoms with Gasteiger partial charge in [0.05, 0.1) is 12.7 Å². The predicted octanol–water partition coefficient (Wildman–Crippen LogP) is 1.24. The molecule has 1 unspecified atom stereocenters. The first-order valence-corrected chi connectivity index (χ1v) is 6.46. The van der Waals surface area contributed by atoms with Crippen LogP contribution in [0.25, 0.3) is 0 Å². The molecule has 0 aromatic rings. The predicted molar refractivity (Wildman–Crippen MR) is 68.7 cm³/mol. The average Bonchev–Trinajstić information content (AvgIpc) is 3.16. The molecule has 1 fully saturated rings. The van der Waals surface area contributed by atoms with Crippen molar-refractivity contribution in [2.24, 2.45) is 5.92 Å². The molecule has 17 heavy (non-hydrogen) atoms. The fourth-order valence-corrected chi connectivity index (χ4v) is 1.52. The van der Waals surface area contributed by atoms with E-state index in [0.29, 0.717) is 0 Å². The first kappa shape index (κ1) is 14.4. The summed E-state index contributed by atoms with van der Waals surface area (Å²) in [5.74, 6) is 0.839. The van der Waals surface area contributed by atoms with E-state index in [4.69, 9.17) is 10.00 Å². The Morgan fingerprint density at radius 2 is 2.18 bits per heavy atom. The van der Waals surface area contributed by atoms with Crippen molar-refractivity contribution < 1.29 is 4.74 Å². The van der Waals surface area contributed by atoms with Gasteiger partial charge < -0.3 is 15.0 Å². The molecule has 0 radical (unpaired) electrons. The topological polar surface area (TPSA) is 48.3 Å². The standard InChI is InChI=1S/C13H25N3O/c1-13(11-14,15-2)6-7-16(3)8-9-17-10-12-4-5-12/h12,15H,4-10H2,1-3H3. The first-order valence-electron chi connectivity index (χ1n) is 6.46. The Labute approximate surface area is 105 Å². The molecule has 1 atom stereocenters. The van der Waals surface area contributed by atoms with Gasteiger partial charge in [0.25, 0.3) is 0 Å². The molecule has 4 heteroatoms. The highest BCUT2D eigenvalue weighted by Crippen LogP contribution is 2.28. The molecule has 0 amide bonds. The van der Waals surface area contributed by atoms with Crippen LogP contribution < -0.4 is 5.32 Å². The number of hydrogen-bond acceptors (Lipinski definition) is 4. The van der Waals surface area contributed by atoms with Gasteiger partial charge in [0, 0.05) is 19.7 Å². The van der Waals surface area contributed by atoms with Crippen LogP contribution in [-0.4, -0.2) is 50.8 Å². The second-order valence-corrected chi connectivity index (χ2v) is 5.27. The van der Waals surface area contributed by atoms with E-state index in [9.17, 15) is 0 Å². The van der Waals surface area contributed by atoms with Gasteiger partial charge in [-0.15, -0.1) is 0 Å².